The lowest BCUT2D eigenvalue weighted by atomic mass is 10.3. The largest absolute Gasteiger partial charge is 0.467 e. The maximum Gasteiger partial charge on any atom is 0.316 e. The average Bonchev–Trinajstić information content (AvgIpc) is 3.03. The molecule has 0 aromatic carbocycles. The van der Waals surface area contributed by atoms with E-state index in [0.717, 1.165) is 29.6 Å². The summed E-state index contributed by atoms with van der Waals surface area (Å²) in [6.07, 6.45) is 3.85. The molecule has 6 nitrogen and oxygen atoms in total. The van der Waals surface area contributed by atoms with Gasteiger partial charge in [0, 0.05) is 5.92 Å². The van der Waals surface area contributed by atoms with Gasteiger partial charge >= 0.3 is 5.97 Å². The normalized spacial score (nSPS) is 14.5. The smallest absolute Gasteiger partial charge is 0.316 e. The number of carbonyl (C=O) groups is 1. The molecular weight excluding hydrogens is 302 g/mol. The van der Waals surface area contributed by atoms with E-state index in [2.05, 4.69) is 10.2 Å². The van der Waals surface area contributed by atoms with Crippen molar-refractivity contribution in [3.05, 3.63) is 30.0 Å². The van der Waals surface area contributed by atoms with Crippen molar-refractivity contribution in [2.45, 2.75) is 50.4 Å². The molecule has 0 atom stereocenters. The Bertz CT molecular complexity index is 633. The fourth-order valence-corrected chi connectivity index (χ4v) is 2.91. The second kappa shape index (κ2) is 6.56. The molecule has 1 aliphatic rings. The second-order valence-corrected chi connectivity index (χ2v) is 6.55. The predicted molar refractivity (Wildman–Crippen MR) is 81.8 cm³/mol. The van der Waals surface area contributed by atoms with Gasteiger partial charge in [0.2, 0.25) is 0 Å². The lowest BCUT2D eigenvalue weighted by molar-refractivity contribution is -0.144. The lowest BCUT2D eigenvalue weighted by Crippen LogP contribution is -2.14. The van der Waals surface area contributed by atoms with Crippen molar-refractivity contribution in [1.29, 1.82) is 0 Å². The van der Waals surface area contributed by atoms with Crippen LogP contribution in [0.2, 0.25) is 0 Å². The van der Waals surface area contributed by atoms with Gasteiger partial charge in [0.25, 0.3) is 0 Å². The summed E-state index contributed by atoms with van der Waals surface area (Å²) in [5, 5.41) is 9.27. The summed E-state index contributed by atoms with van der Waals surface area (Å²) < 4.78 is 12.6. The van der Waals surface area contributed by atoms with Crippen LogP contribution in [-0.2, 0) is 16.1 Å². The first-order valence-electron chi connectivity index (χ1n) is 7.41. The van der Waals surface area contributed by atoms with E-state index < -0.39 is 0 Å². The second-order valence-electron chi connectivity index (χ2n) is 5.61. The van der Waals surface area contributed by atoms with E-state index in [-0.39, 0.29) is 17.8 Å². The first kappa shape index (κ1) is 15.1. The molecule has 0 unspecified atom stereocenters. The maximum atomic E-state index is 11.7. The Morgan fingerprint density at radius 2 is 2.32 bits per heavy atom. The number of rotatable bonds is 7. The van der Waals surface area contributed by atoms with E-state index in [1.54, 1.807) is 6.26 Å². The number of nitrogens with zero attached hydrogens (tertiary/aromatic N) is 3. The minimum atomic E-state index is -0.236. The van der Waals surface area contributed by atoms with E-state index in [1.165, 1.54) is 11.8 Å². The molecule has 2 heterocycles. The fraction of sp³-hybridized carbons (Fsp3) is 0.533. The number of furan rings is 1. The Hall–Kier alpha value is -1.76. The van der Waals surface area contributed by atoms with Crippen LogP contribution in [0.1, 0.15) is 44.2 Å². The van der Waals surface area contributed by atoms with E-state index >= 15 is 0 Å². The molecule has 0 spiro atoms. The van der Waals surface area contributed by atoms with Crippen LogP contribution in [0.15, 0.2) is 28.0 Å². The van der Waals surface area contributed by atoms with Crippen LogP contribution in [0.3, 0.4) is 0 Å². The average molecular weight is 321 g/mol. The Balaban J connectivity index is 1.71. The third-order valence-electron chi connectivity index (χ3n) is 3.27. The molecule has 0 bridgehead atoms. The van der Waals surface area contributed by atoms with Crippen LogP contribution in [-0.4, -0.2) is 32.6 Å². The van der Waals surface area contributed by atoms with Gasteiger partial charge in [-0.3, -0.25) is 9.36 Å². The van der Waals surface area contributed by atoms with Gasteiger partial charge < -0.3 is 9.15 Å². The molecule has 7 heteroatoms. The Morgan fingerprint density at radius 1 is 1.50 bits per heavy atom. The molecule has 3 rings (SSSR count). The zero-order valence-electron chi connectivity index (χ0n) is 12.7. The highest BCUT2D eigenvalue weighted by Gasteiger charge is 2.30. The van der Waals surface area contributed by atoms with Gasteiger partial charge in [0.1, 0.15) is 11.6 Å². The topological polar surface area (TPSA) is 70.2 Å². The number of carbonyl (C=O) groups excluding carboxylic acids is 1. The van der Waals surface area contributed by atoms with E-state index in [0.29, 0.717) is 12.5 Å². The number of hydrogen-bond donors (Lipinski definition) is 0. The van der Waals surface area contributed by atoms with Crippen molar-refractivity contribution in [3.63, 3.8) is 0 Å². The lowest BCUT2D eigenvalue weighted by Gasteiger charge is -2.09. The van der Waals surface area contributed by atoms with Crippen molar-refractivity contribution in [3.8, 4) is 0 Å². The van der Waals surface area contributed by atoms with Crippen LogP contribution in [0.25, 0.3) is 0 Å². The van der Waals surface area contributed by atoms with E-state index in [1.807, 2.05) is 30.5 Å². The zero-order chi connectivity index (χ0) is 15.5. The molecule has 1 fully saturated rings. The van der Waals surface area contributed by atoms with Crippen LogP contribution in [0.4, 0.5) is 0 Å². The highest BCUT2D eigenvalue weighted by Crippen LogP contribution is 2.40. The minimum absolute atomic E-state index is 0.101. The summed E-state index contributed by atoms with van der Waals surface area (Å²) in [6.45, 7) is 4.27. The first-order valence-corrected chi connectivity index (χ1v) is 8.40. The SMILES string of the molecule is CC(C)OC(=O)CSc1nnc(C2CC2)n1Cc1ccco1. The monoisotopic (exact) mass is 321 g/mol. The Kier molecular flexibility index (Phi) is 4.52. The Morgan fingerprint density at radius 3 is 2.95 bits per heavy atom. The summed E-state index contributed by atoms with van der Waals surface area (Å²) in [5.74, 6) is 2.32. The summed E-state index contributed by atoms with van der Waals surface area (Å²) in [7, 11) is 0. The van der Waals surface area contributed by atoms with Crippen LogP contribution in [0.5, 0.6) is 0 Å². The number of thioether (sulfide) groups is 1. The highest BCUT2D eigenvalue weighted by atomic mass is 32.2. The van der Waals surface area contributed by atoms with Crippen molar-refractivity contribution in [2.75, 3.05) is 5.75 Å². The molecule has 2 aromatic heterocycles. The summed E-state index contributed by atoms with van der Waals surface area (Å²) in [5.41, 5.74) is 0. The minimum Gasteiger partial charge on any atom is -0.467 e. The molecular formula is C15H19N3O3S. The number of esters is 1. The summed E-state index contributed by atoms with van der Waals surface area (Å²) >= 11 is 1.36. The fourth-order valence-electron chi connectivity index (χ4n) is 2.18. The third-order valence-corrected chi connectivity index (χ3v) is 4.21. The summed E-state index contributed by atoms with van der Waals surface area (Å²) in [4.78, 5) is 11.7. The molecule has 0 radical (unpaired) electrons. The number of hydrogen-bond acceptors (Lipinski definition) is 6. The van der Waals surface area contributed by atoms with Crippen molar-refractivity contribution >= 4 is 17.7 Å². The Labute approximate surface area is 133 Å². The van der Waals surface area contributed by atoms with Crippen molar-refractivity contribution in [2.24, 2.45) is 0 Å². The molecule has 1 aliphatic carbocycles. The predicted octanol–water partition coefficient (Wildman–Crippen LogP) is 2.84. The molecule has 1 saturated carbocycles. The molecule has 0 N–H and O–H groups in total. The first-order chi connectivity index (χ1) is 10.6. The van der Waals surface area contributed by atoms with Gasteiger partial charge in [0.15, 0.2) is 5.16 Å². The molecule has 0 aliphatic heterocycles. The third kappa shape index (κ3) is 3.71. The van der Waals surface area contributed by atoms with E-state index in [9.17, 15) is 4.79 Å². The van der Waals surface area contributed by atoms with Crippen molar-refractivity contribution < 1.29 is 13.9 Å². The van der Waals surface area contributed by atoms with Gasteiger partial charge in [-0.05, 0) is 38.8 Å². The van der Waals surface area contributed by atoms with Crippen LogP contribution < -0.4 is 0 Å². The molecule has 0 amide bonds. The maximum absolute atomic E-state index is 11.7. The highest BCUT2D eigenvalue weighted by molar-refractivity contribution is 7.99. The molecule has 0 saturated heterocycles. The van der Waals surface area contributed by atoms with Gasteiger partial charge in [-0.15, -0.1) is 10.2 Å². The molecule has 118 valence electrons. The standard InChI is InChI=1S/C15H19N3O3S/c1-10(2)21-13(19)9-22-15-17-16-14(11-5-6-11)18(15)8-12-4-3-7-20-12/h3-4,7,10-11H,5-6,8-9H2,1-2H3. The number of ether oxygens (including phenoxy) is 1. The van der Waals surface area contributed by atoms with Crippen molar-refractivity contribution in [1.82, 2.24) is 14.8 Å². The van der Waals surface area contributed by atoms with Gasteiger partial charge in [-0.1, -0.05) is 11.8 Å². The zero-order valence-corrected chi connectivity index (χ0v) is 13.5. The molecule has 22 heavy (non-hydrogen) atoms. The van der Waals surface area contributed by atoms with E-state index in [4.69, 9.17) is 9.15 Å². The van der Waals surface area contributed by atoms with Gasteiger partial charge in [0.05, 0.1) is 24.7 Å². The molecule has 2 aromatic rings. The van der Waals surface area contributed by atoms with Crippen LogP contribution >= 0.6 is 11.8 Å². The van der Waals surface area contributed by atoms with Gasteiger partial charge in [-0.25, -0.2) is 0 Å². The number of aromatic nitrogens is 3. The van der Waals surface area contributed by atoms with Gasteiger partial charge in [-0.2, -0.15) is 0 Å². The quantitative estimate of drug-likeness (QED) is 0.577. The summed E-state index contributed by atoms with van der Waals surface area (Å²) in [6, 6.07) is 3.79. The van der Waals surface area contributed by atoms with Crippen LogP contribution in [0, 0.1) is 0 Å².